The summed E-state index contributed by atoms with van der Waals surface area (Å²) < 4.78 is 0. The zero-order valence-corrected chi connectivity index (χ0v) is 14.0. The van der Waals surface area contributed by atoms with Gasteiger partial charge in [0, 0.05) is 50.2 Å². The van der Waals surface area contributed by atoms with Crippen LogP contribution in [0.15, 0.2) is 12.3 Å². The molecule has 122 valence electrons. The average molecular weight is 303 g/mol. The molecule has 2 heterocycles. The zero-order chi connectivity index (χ0) is 15.4. The van der Waals surface area contributed by atoms with Gasteiger partial charge >= 0.3 is 0 Å². The second-order valence-corrected chi connectivity index (χ2v) is 6.95. The van der Waals surface area contributed by atoms with Crippen molar-refractivity contribution >= 4 is 5.95 Å². The Morgan fingerprint density at radius 2 is 1.86 bits per heavy atom. The number of hydrogen-bond donors (Lipinski definition) is 1. The van der Waals surface area contributed by atoms with Gasteiger partial charge in [-0.1, -0.05) is 19.3 Å². The predicted octanol–water partition coefficient (Wildman–Crippen LogP) is 2.15. The zero-order valence-electron chi connectivity index (χ0n) is 14.0. The number of nitrogens with zero attached hydrogens (tertiary/aromatic N) is 4. The molecular weight excluding hydrogens is 274 g/mol. The van der Waals surface area contributed by atoms with Gasteiger partial charge in [0.15, 0.2) is 0 Å². The molecule has 1 N–H and O–H groups in total. The highest BCUT2D eigenvalue weighted by molar-refractivity contribution is 5.26. The Balaban J connectivity index is 1.69. The Labute approximate surface area is 134 Å². The minimum atomic E-state index is 0.298. The fraction of sp³-hybridized carbons (Fsp3) is 0.765. The Morgan fingerprint density at radius 1 is 1.14 bits per heavy atom. The van der Waals surface area contributed by atoms with Crippen LogP contribution in [0.5, 0.6) is 0 Å². The summed E-state index contributed by atoms with van der Waals surface area (Å²) in [5.74, 6) is 0.777. The lowest BCUT2D eigenvalue weighted by Crippen LogP contribution is -2.60. The van der Waals surface area contributed by atoms with Crippen molar-refractivity contribution in [2.45, 2.75) is 44.6 Å². The van der Waals surface area contributed by atoms with Gasteiger partial charge in [-0.05, 0) is 32.9 Å². The molecule has 0 bridgehead atoms. The Morgan fingerprint density at radius 3 is 2.55 bits per heavy atom. The molecule has 1 aliphatic carbocycles. The van der Waals surface area contributed by atoms with Crippen LogP contribution in [0.4, 0.5) is 5.95 Å². The average Bonchev–Trinajstić information content (AvgIpc) is 2.55. The van der Waals surface area contributed by atoms with Gasteiger partial charge in [-0.2, -0.15) is 0 Å². The predicted molar refractivity (Wildman–Crippen MR) is 90.1 cm³/mol. The number of nitrogens with one attached hydrogen (secondary N) is 1. The third-order valence-electron chi connectivity index (χ3n) is 5.33. The molecule has 1 aromatic heterocycles. The van der Waals surface area contributed by atoms with E-state index in [4.69, 9.17) is 0 Å². The SMILES string of the molecule is Cc1ccnc(NCC2(N3CCN(C)CC3)CCCCC2)n1. The van der Waals surface area contributed by atoms with Gasteiger partial charge in [-0.15, -0.1) is 0 Å². The molecule has 0 aromatic carbocycles. The van der Waals surface area contributed by atoms with Crippen molar-refractivity contribution in [1.82, 2.24) is 19.8 Å². The highest BCUT2D eigenvalue weighted by atomic mass is 15.3. The van der Waals surface area contributed by atoms with E-state index in [1.165, 1.54) is 58.3 Å². The summed E-state index contributed by atoms with van der Waals surface area (Å²) in [7, 11) is 2.23. The molecule has 5 nitrogen and oxygen atoms in total. The summed E-state index contributed by atoms with van der Waals surface area (Å²) in [6.45, 7) is 7.73. The van der Waals surface area contributed by atoms with E-state index in [9.17, 15) is 0 Å². The molecule has 1 saturated carbocycles. The van der Waals surface area contributed by atoms with Crippen LogP contribution < -0.4 is 5.32 Å². The number of anilines is 1. The number of rotatable bonds is 4. The van der Waals surface area contributed by atoms with Crippen molar-refractivity contribution in [3.05, 3.63) is 18.0 Å². The second-order valence-electron chi connectivity index (χ2n) is 6.95. The van der Waals surface area contributed by atoms with Crippen LogP contribution in [0.25, 0.3) is 0 Å². The van der Waals surface area contributed by atoms with Crippen LogP contribution in [0.3, 0.4) is 0 Å². The van der Waals surface area contributed by atoms with E-state index in [1.807, 2.05) is 19.2 Å². The molecule has 0 amide bonds. The summed E-state index contributed by atoms with van der Waals surface area (Å²) in [4.78, 5) is 14.0. The number of likely N-dealkylation sites (N-methyl/N-ethyl adjacent to an activating group) is 1. The van der Waals surface area contributed by atoms with Crippen LogP contribution in [-0.2, 0) is 0 Å². The summed E-state index contributed by atoms with van der Waals surface area (Å²) >= 11 is 0. The van der Waals surface area contributed by atoms with Crippen molar-refractivity contribution in [1.29, 1.82) is 0 Å². The second kappa shape index (κ2) is 6.92. The first-order valence-corrected chi connectivity index (χ1v) is 8.65. The molecule has 0 spiro atoms. The number of aryl methyl sites for hydroxylation is 1. The van der Waals surface area contributed by atoms with Crippen LogP contribution in [0.1, 0.15) is 37.8 Å². The van der Waals surface area contributed by atoms with Crippen LogP contribution in [-0.4, -0.2) is 65.1 Å². The molecular formula is C17H29N5. The topological polar surface area (TPSA) is 44.3 Å². The van der Waals surface area contributed by atoms with Crippen LogP contribution >= 0.6 is 0 Å². The molecule has 1 aliphatic heterocycles. The fourth-order valence-electron chi connectivity index (χ4n) is 3.87. The van der Waals surface area contributed by atoms with Crippen LogP contribution in [0, 0.1) is 6.92 Å². The van der Waals surface area contributed by atoms with Gasteiger partial charge in [0.2, 0.25) is 5.95 Å². The molecule has 2 aliphatic rings. The summed E-state index contributed by atoms with van der Waals surface area (Å²) in [5, 5.41) is 3.53. The van der Waals surface area contributed by atoms with Gasteiger partial charge in [-0.25, -0.2) is 9.97 Å². The Hall–Kier alpha value is -1.20. The molecule has 1 aromatic rings. The maximum Gasteiger partial charge on any atom is 0.222 e. The molecule has 1 saturated heterocycles. The lowest BCUT2D eigenvalue weighted by atomic mass is 9.79. The summed E-state index contributed by atoms with van der Waals surface area (Å²) in [6.07, 6.45) is 8.53. The van der Waals surface area contributed by atoms with E-state index < -0.39 is 0 Å². The van der Waals surface area contributed by atoms with Gasteiger partial charge in [0.05, 0.1) is 0 Å². The van der Waals surface area contributed by atoms with E-state index >= 15 is 0 Å². The first kappa shape index (κ1) is 15.7. The molecule has 3 rings (SSSR count). The first-order valence-electron chi connectivity index (χ1n) is 8.65. The summed E-state index contributed by atoms with van der Waals surface area (Å²) in [5.41, 5.74) is 1.32. The number of hydrogen-bond acceptors (Lipinski definition) is 5. The molecule has 2 fully saturated rings. The number of piperazine rings is 1. The van der Waals surface area contributed by atoms with E-state index in [0.29, 0.717) is 5.54 Å². The lowest BCUT2D eigenvalue weighted by molar-refractivity contribution is 0.0220. The van der Waals surface area contributed by atoms with E-state index in [1.54, 1.807) is 0 Å². The Bertz CT molecular complexity index is 476. The van der Waals surface area contributed by atoms with Crippen molar-refractivity contribution in [2.24, 2.45) is 0 Å². The molecule has 0 atom stereocenters. The molecule has 22 heavy (non-hydrogen) atoms. The third-order valence-corrected chi connectivity index (χ3v) is 5.33. The number of aromatic nitrogens is 2. The van der Waals surface area contributed by atoms with Gasteiger partial charge in [0.25, 0.3) is 0 Å². The summed E-state index contributed by atoms with van der Waals surface area (Å²) in [6, 6.07) is 1.95. The van der Waals surface area contributed by atoms with Crippen molar-refractivity contribution in [2.75, 3.05) is 45.1 Å². The van der Waals surface area contributed by atoms with E-state index in [2.05, 4.69) is 32.1 Å². The molecule has 5 heteroatoms. The van der Waals surface area contributed by atoms with Crippen molar-refractivity contribution < 1.29 is 0 Å². The molecule has 0 radical (unpaired) electrons. The van der Waals surface area contributed by atoms with E-state index in [-0.39, 0.29) is 0 Å². The van der Waals surface area contributed by atoms with Crippen molar-refractivity contribution in [3.8, 4) is 0 Å². The Kier molecular flexibility index (Phi) is 4.93. The highest BCUT2D eigenvalue weighted by Gasteiger charge is 2.38. The first-order chi connectivity index (χ1) is 10.7. The van der Waals surface area contributed by atoms with E-state index in [0.717, 1.165) is 18.2 Å². The van der Waals surface area contributed by atoms with Gasteiger partial charge in [0.1, 0.15) is 0 Å². The minimum Gasteiger partial charge on any atom is -0.352 e. The highest BCUT2D eigenvalue weighted by Crippen LogP contribution is 2.34. The largest absolute Gasteiger partial charge is 0.352 e. The van der Waals surface area contributed by atoms with Crippen LogP contribution in [0.2, 0.25) is 0 Å². The van der Waals surface area contributed by atoms with Gasteiger partial charge in [-0.3, -0.25) is 4.90 Å². The quantitative estimate of drug-likeness (QED) is 0.923. The third kappa shape index (κ3) is 3.58. The normalized spacial score (nSPS) is 23.4. The fourth-order valence-corrected chi connectivity index (χ4v) is 3.87. The monoisotopic (exact) mass is 303 g/mol. The minimum absolute atomic E-state index is 0.298. The molecule has 0 unspecified atom stereocenters. The maximum absolute atomic E-state index is 4.50. The maximum atomic E-state index is 4.50. The lowest BCUT2D eigenvalue weighted by Gasteiger charge is -2.49. The van der Waals surface area contributed by atoms with Crippen molar-refractivity contribution in [3.63, 3.8) is 0 Å². The van der Waals surface area contributed by atoms with Gasteiger partial charge < -0.3 is 10.2 Å². The smallest absolute Gasteiger partial charge is 0.222 e. The standard InChI is InChI=1S/C17H29N5/c1-15-6-9-18-16(20-15)19-14-17(7-4-3-5-8-17)22-12-10-21(2)11-13-22/h6,9H,3-5,7-8,10-14H2,1-2H3,(H,18,19,20).